The number of benzene rings is 2. The van der Waals surface area contributed by atoms with E-state index in [9.17, 15) is 9.59 Å². The summed E-state index contributed by atoms with van der Waals surface area (Å²) < 4.78 is 1.62. The van der Waals surface area contributed by atoms with Gasteiger partial charge in [-0.2, -0.15) is 0 Å². The van der Waals surface area contributed by atoms with Crippen molar-refractivity contribution in [2.24, 2.45) is 0 Å². The van der Waals surface area contributed by atoms with Gasteiger partial charge in [-0.1, -0.05) is 36.4 Å². The number of hydrogen-bond acceptors (Lipinski definition) is 4. The third-order valence-electron chi connectivity index (χ3n) is 4.99. The van der Waals surface area contributed by atoms with Crippen LogP contribution >= 0.6 is 11.3 Å². The molecular formula is C23H21N3O2S. The molecule has 2 heterocycles. The van der Waals surface area contributed by atoms with Gasteiger partial charge in [0.05, 0.1) is 27.5 Å². The number of para-hydroxylation sites is 2. The van der Waals surface area contributed by atoms with Crippen LogP contribution in [0.1, 0.15) is 35.4 Å². The number of carbonyl (C=O) groups excluding carboxylic acids is 1. The molecule has 0 aliphatic carbocycles. The summed E-state index contributed by atoms with van der Waals surface area (Å²) in [5, 5.41) is 2.44. The van der Waals surface area contributed by atoms with Crippen LogP contribution in [0.15, 0.2) is 76.9 Å². The van der Waals surface area contributed by atoms with Gasteiger partial charge >= 0.3 is 0 Å². The van der Waals surface area contributed by atoms with Crippen LogP contribution in [0.5, 0.6) is 0 Å². The molecule has 4 aromatic rings. The summed E-state index contributed by atoms with van der Waals surface area (Å²) in [5.41, 5.74) is 1.23. The van der Waals surface area contributed by atoms with Crippen LogP contribution in [0.4, 0.5) is 0 Å². The van der Waals surface area contributed by atoms with E-state index in [0.717, 1.165) is 5.69 Å². The zero-order valence-electron chi connectivity index (χ0n) is 16.3. The second-order valence-electron chi connectivity index (χ2n) is 6.71. The molecule has 1 amide bonds. The predicted molar refractivity (Wildman–Crippen MR) is 117 cm³/mol. The SMILES string of the molecule is CCN(C(=O)c1cccs1)C(C)c1nc2ccccc2c(=O)n1-c1ccccc1. The van der Waals surface area contributed by atoms with Crippen molar-refractivity contribution in [3.05, 3.63) is 93.2 Å². The van der Waals surface area contributed by atoms with E-state index in [4.69, 9.17) is 4.98 Å². The Morgan fingerprint density at radius 3 is 2.48 bits per heavy atom. The fourth-order valence-electron chi connectivity index (χ4n) is 3.53. The molecule has 29 heavy (non-hydrogen) atoms. The highest BCUT2D eigenvalue weighted by Crippen LogP contribution is 2.25. The number of nitrogens with zero attached hydrogens (tertiary/aromatic N) is 3. The molecule has 6 heteroatoms. The van der Waals surface area contributed by atoms with Crippen LogP contribution in [-0.4, -0.2) is 26.9 Å². The molecule has 2 aromatic heterocycles. The van der Waals surface area contributed by atoms with Crippen molar-refractivity contribution in [1.82, 2.24) is 14.5 Å². The van der Waals surface area contributed by atoms with E-state index < -0.39 is 0 Å². The Balaban J connectivity index is 1.92. The van der Waals surface area contributed by atoms with E-state index in [1.807, 2.05) is 79.9 Å². The molecule has 0 saturated heterocycles. The lowest BCUT2D eigenvalue weighted by atomic mass is 10.1. The topological polar surface area (TPSA) is 55.2 Å². The van der Waals surface area contributed by atoms with Crippen molar-refractivity contribution in [1.29, 1.82) is 0 Å². The Hall–Kier alpha value is -3.25. The molecule has 0 radical (unpaired) electrons. The Bertz CT molecular complexity index is 1200. The van der Waals surface area contributed by atoms with Gasteiger partial charge in [-0.3, -0.25) is 14.2 Å². The minimum atomic E-state index is -0.382. The first-order valence-electron chi connectivity index (χ1n) is 9.53. The molecule has 0 N–H and O–H groups in total. The largest absolute Gasteiger partial charge is 0.328 e. The molecule has 4 rings (SSSR count). The van der Waals surface area contributed by atoms with Gasteiger partial charge in [0.25, 0.3) is 11.5 Å². The van der Waals surface area contributed by atoms with Crippen molar-refractivity contribution in [3.63, 3.8) is 0 Å². The number of fused-ring (bicyclic) bond motifs is 1. The van der Waals surface area contributed by atoms with Crippen molar-refractivity contribution in [2.75, 3.05) is 6.54 Å². The molecule has 0 aliphatic heterocycles. The molecule has 146 valence electrons. The Morgan fingerprint density at radius 2 is 1.79 bits per heavy atom. The van der Waals surface area contributed by atoms with Crippen LogP contribution in [0.25, 0.3) is 16.6 Å². The summed E-state index contributed by atoms with van der Waals surface area (Å²) >= 11 is 1.41. The van der Waals surface area contributed by atoms with Gasteiger partial charge < -0.3 is 4.90 Å². The zero-order valence-corrected chi connectivity index (χ0v) is 17.1. The van der Waals surface area contributed by atoms with Crippen LogP contribution < -0.4 is 5.56 Å². The van der Waals surface area contributed by atoms with Gasteiger partial charge in [-0.05, 0) is 49.6 Å². The predicted octanol–water partition coefficient (Wildman–Crippen LogP) is 4.67. The molecule has 5 nitrogen and oxygen atoms in total. The number of rotatable bonds is 5. The average molecular weight is 404 g/mol. The summed E-state index contributed by atoms with van der Waals surface area (Å²) in [4.78, 5) is 33.7. The van der Waals surface area contributed by atoms with Crippen LogP contribution in [0.3, 0.4) is 0 Å². The maximum atomic E-state index is 13.4. The normalized spacial score (nSPS) is 12.1. The average Bonchev–Trinajstić information content (AvgIpc) is 3.29. The molecule has 1 atom stereocenters. The summed E-state index contributed by atoms with van der Waals surface area (Å²) in [7, 11) is 0. The molecule has 2 aromatic carbocycles. The number of amides is 1. The van der Waals surface area contributed by atoms with Crippen molar-refractivity contribution >= 4 is 28.1 Å². The Kier molecular flexibility index (Phi) is 5.27. The van der Waals surface area contributed by atoms with E-state index in [0.29, 0.717) is 28.1 Å². The third-order valence-corrected chi connectivity index (χ3v) is 5.85. The number of aromatic nitrogens is 2. The minimum Gasteiger partial charge on any atom is -0.328 e. The molecule has 0 fully saturated rings. The van der Waals surface area contributed by atoms with Gasteiger partial charge in [0.1, 0.15) is 5.82 Å². The molecule has 0 spiro atoms. The zero-order chi connectivity index (χ0) is 20.4. The third kappa shape index (κ3) is 3.47. The van der Waals surface area contributed by atoms with Gasteiger partial charge in [0.2, 0.25) is 0 Å². The molecular weight excluding hydrogens is 382 g/mol. The van der Waals surface area contributed by atoms with E-state index in [1.54, 1.807) is 15.5 Å². The monoisotopic (exact) mass is 403 g/mol. The van der Waals surface area contributed by atoms with E-state index in [1.165, 1.54) is 11.3 Å². The first kappa shape index (κ1) is 19.1. The molecule has 0 bridgehead atoms. The maximum Gasteiger partial charge on any atom is 0.266 e. The van der Waals surface area contributed by atoms with Gasteiger partial charge in [-0.15, -0.1) is 11.3 Å². The van der Waals surface area contributed by atoms with Crippen LogP contribution in [-0.2, 0) is 0 Å². The lowest BCUT2D eigenvalue weighted by Crippen LogP contribution is -2.37. The lowest BCUT2D eigenvalue weighted by molar-refractivity contribution is 0.0698. The standard InChI is InChI=1S/C23H21N3O2S/c1-3-25(23(28)20-14-9-15-29-20)16(2)21-24-19-13-8-7-12-18(19)22(27)26(21)17-10-5-4-6-11-17/h4-16H,3H2,1-2H3. The quantitative estimate of drug-likeness (QED) is 0.487. The fourth-order valence-corrected chi connectivity index (χ4v) is 4.21. The first-order chi connectivity index (χ1) is 14.1. The highest BCUT2D eigenvalue weighted by atomic mass is 32.1. The number of carbonyl (C=O) groups is 1. The summed E-state index contributed by atoms with van der Waals surface area (Å²) in [6, 6.07) is 20.1. The van der Waals surface area contributed by atoms with Crippen molar-refractivity contribution < 1.29 is 4.79 Å². The minimum absolute atomic E-state index is 0.0583. The smallest absolute Gasteiger partial charge is 0.266 e. The highest BCUT2D eigenvalue weighted by molar-refractivity contribution is 7.12. The van der Waals surface area contributed by atoms with Gasteiger partial charge in [0.15, 0.2) is 0 Å². The first-order valence-corrected chi connectivity index (χ1v) is 10.4. The van der Waals surface area contributed by atoms with Crippen LogP contribution in [0.2, 0.25) is 0 Å². The lowest BCUT2D eigenvalue weighted by Gasteiger charge is -2.29. The fraction of sp³-hybridized carbons (Fsp3) is 0.174. The second-order valence-corrected chi connectivity index (χ2v) is 7.66. The van der Waals surface area contributed by atoms with Crippen LogP contribution in [0, 0.1) is 0 Å². The highest BCUT2D eigenvalue weighted by Gasteiger charge is 2.26. The van der Waals surface area contributed by atoms with Crippen molar-refractivity contribution in [2.45, 2.75) is 19.9 Å². The molecule has 1 unspecified atom stereocenters. The Labute approximate surface area is 172 Å². The summed E-state index contributed by atoms with van der Waals surface area (Å²) in [5.74, 6) is 0.490. The second kappa shape index (κ2) is 8.01. The van der Waals surface area contributed by atoms with E-state index >= 15 is 0 Å². The summed E-state index contributed by atoms with van der Waals surface area (Å²) in [6.45, 7) is 4.37. The van der Waals surface area contributed by atoms with Crippen molar-refractivity contribution in [3.8, 4) is 5.69 Å². The number of thiophene rings is 1. The number of hydrogen-bond donors (Lipinski definition) is 0. The Morgan fingerprint density at radius 1 is 1.07 bits per heavy atom. The van der Waals surface area contributed by atoms with E-state index in [-0.39, 0.29) is 17.5 Å². The van der Waals surface area contributed by atoms with Gasteiger partial charge in [0, 0.05) is 6.54 Å². The van der Waals surface area contributed by atoms with Gasteiger partial charge in [-0.25, -0.2) is 4.98 Å². The summed E-state index contributed by atoms with van der Waals surface area (Å²) in [6.07, 6.45) is 0. The van der Waals surface area contributed by atoms with E-state index in [2.05, 4.69) is 0 Å². The molecule has 0 saturated carbocycles. The molecule has 0 aliphatic rings. The maximum absolute atomic E-state index is 13.4.